The van der Waals surface area contributed by atoms with E-state index in [1.54, 1.807) is 0 Å². The summed E-state index contributed by atoms with van der Waals surface area (Å²) < 4.78 is 72.2. The third-order valence-corrected chi connectivity index (χ3v) is 2.50. The summed E-state index contributed by atoms with van der Waals surface area (Å²) >= 11 is 0. The van der Waals surface area contributed by atoms with Gasteiger partial charge in [0.15, 0.2) is 17.4 Å². The zero-order valence-electron chi connectivity index (χ0n) is 10.8. The van der Waals surface area contributed by atoms with Gasteiger partial charge in [-0.2, -0.15) is 0 Å². The van der Waals surface area contributed by atoms with Gasteiger partial charge in [0, 0.05) is 6.07 Å². The Morgan fingerprint density at radius 1 is 0.955 bits per heavy atom. The molecule has 0 aliphatic heterocycles. The first kappa shape index (κ1) is 16.0. The highest BCUT2D eigenvalue weighted by Gasteiger charge is 2.31. The summed E-state index contributed by atoms with van der Waals surface area (Å²) in [6.45, 7) is -0.566. The third-order valence-electron chi connectivity index (χ3n) is 2.50. The second-order valence-electron chi connectivity index (χ2n) is 4.17. The first-order valence-corrected chi connectivity index (χ1v) is 5.91. The van der Waals surface area contributed by atoms with E-state index in [4.69, 9.17) is 9.84 Å². The lowest BCUT2D eigenvalue weighted by Gasteiger charge is -2.12. The second kappa shape index (κ2) is 6.18. The Labute approximate surface area is 121 Å². The number of hydrogen-bond acceptors (Lipinski definition) is 3. The highest BCUT2D eigenvalue weighted by Crippen LogP contribution is 2.32. The van der Waals surface area contributed by atoms with Gasteiger partial charge in [-0.25, -0.2) is 8.78 Å². The fourth-order valence-corrected chi connectivity index (χ4v) is 1.65. The highest BCUT2D eigenvalue weighted by atomic mass is 19.4. The highest BCUT2D eigenvalue weighted by molar-refractivity contribution is 5.39. The molecule has 0 heterocycles. The number of benzene rings is 2. The van der Waals surface area contributed by atoms with Crippen molar-refractivity contribution in [1.29, 1.82) is 0 Å². The van der Waals surface area contributed by atoms with Crippen LogP contribution in [0.4, 0.5) is 22.0 Å². The summed E-state index contributed by atoms with van der Waals surface area (Å²) in [5.74, 6) is -3.80. The Morgan fingerprint density at radius 2 is 1.55 bits per heavy atom. The smallest absolute Gasteiger partial charge is 0.451 e. The van der Waals surface area contributed by atoms with Gasteiger partial charge < -0.3 is 14.6 Å². The number of aliphatic hydroxyl groups excluding tert-OH is 1. The lowest BCUT2D eigenvalue weighted by atomic mass is 10.2. The van der Waals surface area contributed by atoms with E-state index >= 15 is 0 Å². The Morgan fingerprint density at radius 3 is 2.09 bits per heavy atom. The summed E-state index contributed by atoms with van der Waals surface area (Å²) in [6.07, 6.45) is -4.89. The fraction of sp³-hybridized carbons (Fsp3) is 0.143. The minimum atomic E-state index is -4.89. The van der Waals surface area contributed by atoms with Crippen LogP contribution in [0, 0.1) is 11.6 Å². The van der Waals surface area contributed by atoms with E-state index in [0.29, 0.717) is 0 Å². The van der Waals surface area contributed by atoms with Crippen molar-refractivity contribution < 1.29 is 36.5 Å². The fourth-order valence-electron chi connectivity index (χ4n) is 1.65. The molecule has 22 heavy (non-hydrogen) atoms. The molecule has 8 heteroatoms. The van der Waals surface area contributed by atoms with Crippen LogP contribution in [-0.4, -0.2) is 11.5 Å². The van der Waals surface area contributed by atoms with Crippen LogP contribution in [0.1, 0.15) is 5.56 Å². The number of ether oxygens (including phenoxy) is 2. The van der Waals surface area contributed by atoms with Crippen molar-refractivity contribution in [1.82, 2.24) is 0 Å². The molecular weight excluding hydrogens is 311 g/mol. The first-order valence-electron chi connectivity index (χ1n) is 5.91. The summed E-state index contributed by atoms with van der Waals surface area (Å²) in [5.41, 5.74) is -0.00324. The molecule has 0 saturated heterocycles. The van der Waals surface area contributed by atoms with Crippen LogP contribution < -0.4 is 9.47 Å². The Hall–Kier alpha value is -2.35. The predicted octanol–water partition coefficient (Wildman–Crippen LogP) is 4.15. The van der Waals surface area contributed by atoms with Gasteiger partial charge in [-0.1, -0.05) is 6.07 Å². The average molecular weight is 320 g/mol. The van der Waals surface area contributed by atoms with Crippen molar-refractivity contribution >= 4 is 0 Å². The van der Waals surface area contributed by atoms with Crippen molar-refractivity contribution in [3.05, 3.63) is 53.6 Å². The van der Waals surface area contributed by atoms with Crippen LogP contribution in [0.25, 0.3) is 0 Å². The van der Waals surface area contributed by atoms with Crippen molar-refractivity contribution in [3.63, 3.8) is 0 Å². The molecule has 0 aliphatic carbocycles. The van der Waals surface area contributed by atoms with E-state index in [0.717, 1.165) is 24.3 Å². The molecule has 0 radical (unpaired) electrons. The van der Waals surface area contributed by atoms with Gasteiger partial charge in [0.2, 0.25) is 0 Å². The monoisotopic (exact) mass is 320 g/mol. The van der Waals surface area contributed by atoms with Gasteiger partial charge in [-0.15, -0.1) is 13.2 Å². The SMILES string of the molecule is OCc1cc(F)c(Oc2cccc(OC(F)(F)F)c2)c(F)c1. The average Bonchev–Trinajstić information content (AvgIpc) is 2.41. The minimum absolute atomic E-state index is 0.00324. The van der Waals surface area contributed by atoms with Crippen molar-refractivity contribution in [2.24, 2.45) is 0 Å². The van der Waals surface area contributed by atoms with Gasteiger partial charge in [0.25, 0.3) is 0 Å². The molecule has 1 N–H and O–H groups in total. The number of halogens is 5. The van der Waals surface area contributed by atoms with Crippen LogP contribution in [0.5, 0.6) is 17.2 Å². The number of aliphatic hydroxyl groups is 1. The molecule has 2 rings (SSSR count). The topological polar surface area (TPSA) is 38.7 Å². The number of rotatable bonds is 4. The molecule has 0 saturated carbocycles. The van der Waals surface area contributed by atoms with E-state index in [1.165, 1.54) is 12.1 Å². The van der Waals surface area contributed by atoms with Crippen LogP contribution >= 0.6 is 0 Å². The molecule has 0 fully saturated rings. The van der Waals surface area contributed by atoms with E-state index in [1.807, 2.05) is 0 Å². The van der Waals surface area contributed by atoms with Crippen molar-refractivity contribution in [2.45, 2.75) is 13.0 Å². The molecule has 0 spiro atoms. The van der Waals surface area contributed by atoms with Crippen LogP contribution in [0.2, 0.25) is 0 Å². The molecule has 2 aromatic carbocycles. The van der Waals surface area contributed by atoms with Crippen LogP contribution in [0.3, 0.4) is 0 Å². The predicted molar refractivity (Wildman–Crippen MR) is 65.5 cm³/mol. The zero-order chi connectivity index (χ0) is 16.3. The van der Waals surface area contributed by atoms with Gasteiger partial charge >= 0.3 is 6.36 Å². The first-order chi connectivity index (χ1) is 10.3. The molecule has 118 valence electrons. The van der Waals surface area contributed by atoms with Gasteiger partial charge in [-0.3, -0.25) is 0 Å². The van der Waals surface area contributed by atoms with E-state index in [2.05, 4.69) is 4.74 Å². The summed E-state index contributed by atoms with van der Waals surface area (Å²) in [7, 11) is 0. The Kier molecular flexibility index (Phi) is 4.51. The third kappa shape index (κ3) is 4.08. The molecule has 0 aromatic heterocycles. The van der Waals surface area contributed by atoms with Crippen molar-refractivity contribution in [3.8, 4) is 17.2 Å². The lowest BCUT2D eigenvalue weighted by molar-refractivity contribution is -0.274. The normalized spacial score (nSPS) is 11.4. The number of hydrogen-bond donors (Lipinski definition) is 1. The quantitative estimate of drug-likeness (QED) is 0.860. The Bertz CT molecular complexity index is 647. The maximum Gasteiger partial charge on any atom is 0.573 e. The molecule has 0 aliphatic rings. The minimum Gasteiger partial charge on any atom is -0.451 e. The molecule has 0 amide bonds. The maximum atomic E-state index is 13.7. The summed E-state index contributed by atoms with van der Waals surface area (Å²) in [5, 5.41) is 8.81. The van der Waals surface area contributed by atoms with Crippen molar-refractivity contribution in [2.75, 3.05) is 0 Å². The largest absolute Gasteiger partial charge is 0.573 e. The van der Waals surface area contributed by atoms with E-state index < -0.39 is 36.1 Å². The molecule has 0 bridgehead atoms. The standard InChI is InChI=1S/C14H9F5O3/c15-11-4-8(7-20)5-12(16)13(11)21-9-2-1-3-10(6-9)22-14(17,18)19/h1-6,20H,7H2. The molecule has 2 aromatic rings. The second-order valence-corrected chi connectivity index (χ2v) is 4.17. The maximum absolute atomic E-state index is 13.7. The zero-order valence-corrected chi connectivity index (χ0v) is 10.8. The molecular formula is C14H9F5O3. The molecule has 3 nitrogen and oxygen atoms in total. The lowest BCUT2D eigenvalue weighted by Crippen LogP contribution is -2.17. The summed E-state index contributed by atoms with van der Waals surface area (Å²) in [4.78, 5) is 0. The summed E-state index contributed by atoms with van der Waals surface area (Å²) in [6, 6.07) is 5.95. The Balaban J connectivity index is 2.26. The van der Waals surface area contributed by atoms with Crippen LogP contribution in [-0.2, 0) is 6.61 Å². The van der Waals surface area contributed by atoms with Gasteiger partial charge in [0.1, 0.15) is 11.5 Å². The van der Waals surface area contributed by atoms with E-state index in [-0.39, 0.29) is 11.3 Å². The van der Waals surface area contributed by atoms with Gasteiger partial charge in [0.05, 0.1) is 6.61 Å². The molecule has 0 atom stereocenters. The number of alkyl halides is 3. The van der Waals surface area contributed by atoms with E-state index in [9.17, 15) is 22.0 Å². The van der Waals surface area contributed by atoms with Crippen LogP contribution in [0.15, 0.2) is 36.4 Å². The molecule has 0 unspecified atom stereocenters. The van der Waals surface area contributed by atoms with Gasteiger partial charge in [-0.05, 0) is 29.8 Å².